The number of rotatable bonds is 3. The van der Waals surface area contributed by atoms with Crippen LogP contribution < -0.4 is 5.73 Å². The van der Waals surface area contributed by atoms with Crippen molar-refractivity contribution in [3.63, 3.8) is 0 Å². The Morgan fingerprint density at radius 1 is 1.38 bits per heavy atom. The molecule has 0 heterocycles. The lowest BCUT2D eigenvalue weighted by Crippen LogP contribution is -2.39. The zero-order valence-corrected chi connectivity index (χ0v) is 10.6. The van der Waals surface area contributed by atoms with Gasteiger partial charge in [0.25, 0.3) is 0 Å². The lowest BCUT2D eigenvalue weighted by Gasteiger charge is -2.24. The second kappa shape index (κ2) is 4.77. The van der Waals surface area contributed by atoms with Gasteiger partial charge in [-0.1, -0.05) is 37.1 Å². The molecule has 0 bridgehead atoms. The van der Waals surface area contributed by atoms with Crippen molar-refractivity contribution < 1.29 is 0 Å². The third-order valence-corrected chi connectivity index (χ3v) is 4.04. The van der Waals surface area contributed by atoms with Gasteiger partial charge in [0.1, 0.15) is 0 Å². The molecule has 0 radical (unpaired) electrons. The highest BCUT2D eigenvalue weighted by molar-refractivity contribution is 6.30. The van der Waals surface area contributed by atoms with E-state index in [1.165, 1.54) is 24.8 Å². The predicted molar refractivity (Wildman–Crippen MR) is 69.7 cm³/mol. The van der Waals surface area contributed by atoms with Gasteiger partial charge in [-0.15, -0.1) is 0 Å². The maximum absolute atomic E-state index is 6.46. The van der Waals surface area contributed by atoms with E-state index in [1.807, 2.05) is 12.1 Å². The van der Waals surface area contributed by atoms with E-state index in [1.54, 1.807) is 0 Å². The summed E-state index contributed by atoms with van der Waals surface area (Å²) in [5.41, 5.74) is 7.79. The quantitative estimate of drug-likeness (QED) is 0.851. The maximum Gasteiger partial charge on any atom is 0.0406 e. The normalized spacial score (nSPS) is 29.6. The minimum absolute atomic E-state index is 0.0223. The minimum atomic E-state index is 0.0223. The van der Waals surface area contributed by atoms with Crippen molar-refractivity contribution in [2.24, 2.45) is 11.7 Å². The molecule has 0 aromatic heterocycles. The van der Waals surface area contributed by atoms with Crippen molar-refractivity contribution in [1.29, 1.82) is 0 Å². The van der Waals surface area contributed by atoms with Gasteiger partial charge < -0.3 is 5.73 Å². The minimum Gasteiger partial charge on any atom is -0.325 e. The number of benzene rings is 1. The molecule has 1 aliphatic carbocycles. The van der Waals surface area contributed by atoms with Crippen LogP contribution >= 0.6 is 11.6 Å². The van der Waals surface area contributed by atoms with Gasteiger partial charge in [0.05, 0.1) is 0 Å². The van der Waals surface area contributed by atoms with E-state index in [2.05, 4.69) is 19.1 Å². The summed E-state index contributed by atoms with van der Waals surface area (Å²) in [6, 6.07) is 8.09. The van der Waals surface area contributed by atoms with Crippen LogP contribution in [-0.4, -0.2) is 5.54 Å². The van der Waals surface area contributed by atoms with E-state index >= 15 is 0 Å². The first-order chi connectivity index (χ1) is 7.61. The Labute approximate surface area is 103 Å². The first kappa shape index (κ1) is 11.9. The average molecular weight is 238 g/mol. The fourth-order valence-corrected chi connectivity index (χ4v) is 2.91. The van der Waals surface area contributed by atoms with E-state index in [4.69, 9.17) is 17.3 Å². The summed E-state index contributed by atoms with van der Waals surface area (Å²) in [5, 5.41) is 0.799. The highest BCUT2D eigenvalue weighted by Gasteiger charge is 2.34. The molecule has 16 heavy (non-hydrogen) atoms. The molecule has 2 atom stereocenters. The Balaban J connectivity index is 2.01. The van der Waals surface area contributed by atoms with Gasteiger partial charge in [-0.25, -0.2) is 0 Å². The van der Waals surface area contributed by atoms with Crippen LogP contribution in [-0.2, 0) is 6.42 Å². The summed E-state index contributed by atoms with van der Waals surface area (Å²) in [5.74, 6) is 0.831. The van der Waals surface area contributed by atoms with Gasteiger partial charge in [-0.2, -0.15) is 0 Å². The molecular weight excluding hydrogens is 218 g/mol. The van der Waals surface area contributed by atoms with Gasteiger partial charge in [0, 0.05) is 10.6 Å². The van der Waals surface area contributed by atoms with E-state index in [0.717, 1.165) is 23.8 Å². The van der Waals surface area contributed by atoms with Gasteiger partial charge in [-0.05, 0) is 49.3 Å². The van der Waals surface area contributed by atoms with Crippen molar-refractivity contribution >= 4 is 11.6 Å². The summed E-state index contributed by atoms with van der Waals surface area (Å²) in [6.07, 6.45) is 5.88. The average Bonchev–Trinajstić information content (AvgIpc) is 2.64. The summed E-state index contributed by atoms with van der Waals surface area (Å²) in [6.45, 7) is 2.26. The fraction of sp³-hybridized carbons (Fsp3) is 0.571. The number of nitrogens with two attached hydrogens (primary N) is 1. The van der Waals surface area contributed by atoms with Crippen LogP contribution in [0.4, 0.5) is 0 Å². The lowest BCUT2D eigenvalue weighted by atomic mass is 9.89. The van der Waals surface area contributed by atoms with Crippen molar-refractivity contribution in [3.05, 3.63) is 34.9 Å². The second-order valence-corrected chi connectivity index (χ2v) is 5.62. The molecule has 1 fully saturated rings. The van der Waals surface area contributed by atoms with Crippen molar-refractivity contribution in [3.8, 4) is 0 Å². The maximum atomic E-state index is 6.46. The molecule has 1 aliphatic rings. The Morgan fingerprint density at radius 2 is 2.06 bits per heavy atom. The third-order valence-electron chi connectivity index (χ3n) is 3.79. The number of hydrogen-bond donors (Lipinski definition) is 1. The van der Waals surface area contributed by atoms with E-state index < -0.39 is 0 Å². The SMILES string of the molecule is CCC1CCC(N)(Cc2ccc(Cl)cc2)C1. The molecule has 1 aromatic carbocycles. The predicted octanol–water partition coefficient (Wildman–Crippen LogP) is 3.79. The molecule has 0 saturated heterocycles. The van der Waals surface area contributed by atoms with Crippen LogP contribution in [0, 0.1) is 5.92 Å². The van der Waals surface area contributed by atoms with Gasteiger partial charge in [0.15, 0.2) is 0 Å². The first-order valence-corrected chi connectivity index (χ1v) is 6.52. The molecule has 1 aromatic rings. The van der Waals surface area contributed by atoms with E-state index in [-0.39, 0.29) is 5.54 Å². The van der Waals surface area contributed by atoms with E-state index in [9.17, 15) is 0 Å². The summed E-state index contributed by atoms with van der Waals surface area (Å²) in [7, 11) is 0. The first-order valence-electron chi connectivity index (χ1n) is 6.15. The van der Waals surface area contributed by atoms with Crippen LogP contribution in [0.15, 0.2) is 24.3 Å². The van der Waals surface area contributed by atoms with Gasteiger partial charge in [0.2, 0.25) is 0 Å². The topological polar surface area (TPSA) is 26.0 Å². The molecule has 0 amide bonds. The largest absolute Gasteiger partial charge is 0.325 e. The molecule has 1 nitrogen and oxygen atoms in total. The van der Waals surface area contributed by atoms with Crippen LogP contribution in [0.1, 0.15) is 38.2 Å². The standard InChI is InChI=1S/C14H20ClN/c1-2-11-7-8-14(16,9-11)10-12-3-5-13(15)6-4-12/h3-6,11H,2,7-10,16H2,1H3. The monoisotopic (exact) mass is 237 g/mol. The van der Waals surface area contributed by atoms with Crippen LogP contribution in [0.25, 0.3) is 0 Å². The van der Waals surface area contributed by atoms with Gasteiger partial charge >= 0.3 is 0 Å². The Bertz CT molecular complexity index is 346. The molecule has 0 spiro atoms. The smallest absolute Gasteiger partial charge is 0.0406 e. The summed E-state index contributed by atoms with van der Waals surface area (Å²) in [4.78, 5) is 0. The molecule has 2 rings (SSSR count). The molecule has 2 heteroatoms. The zero-order valence-electron chi connectivity index (χ0n) is 9.88. The highest BCUT2D eigenvalue weighted by atomic mass is 35.5. The van der Waals surface area contributed by atoms with Crippen molar-refractivity contribution in [2.75, 3.05) is 0 Å². The zero-order chi connectivity index (χ0) is 11.6. The highest BCUT2D eigenvalue weighted by Crippen LogP contribution is 2.36. The molecule has 0 aliphatic heterocycles. The van der Waals surface area contributed by atoms with Crippen LogP contribution in [0.2, 0.25) is 5.02 Å². The summed E-state index contributed by atoms with van der Waals surface area (Å²) >= 11 is 5.88. The van der Waals surface area contributed by atoms with Crippen molar-refractivity contribution in [2.45, 2.75) is 44.6 Å². The van der Waals surface area contributed by atoms with Gasteiger partial charge in [-0.3, -0.25) is 0 Å². The molecule has 2 N–H and O–H groups in total. The molecule has 1 saturated carbocycles. The number of hydrogen-bond acceptors (Lipinski definition) is 1. The van der Waals surface area contributed by atoms with Crippen LogP contribution in [0.3, 0.4) is 0 Å². The van der Waals surface area contributed by atoms with Crippen molar-refractivity contribution in [1.82, 2.24) is 0 Å². The van der Waals surface area contributed by atoms with Crippen LogP contribution in [0.5, 0.6) is 0 Å². The Kier molecular flexibility index (Phi) is 3.56. The third kappa shape index (κ3) is 2.78. The fourth-order valence-electron chi connectivity index (χ4n) is 2.79. The summed E-state index contributed by atoms with van der Waals surface area (Å²) < 4.78 is 0. The molecule has 2 unspecified atom stereocenters. The number of halogens is 1. The second-order valence-electron chi connectivity index (χ2n) is 5.18. The Morgan fingerprint density at radius 3 is 2.62 bits per heavy atom. The lowest BCUT2D eigenvalue weighted by molar-refractivity contribution is 0.407. The van der Waals surface area contributed by atoms with E-state index in [0.29, 0.717) is 0 Å². The molecule has 88 valence electrons. The molecular formula is C14H20ClN. The Hall–Kier alpha value is -0.530.